The third kappa shape index (κ3) is 3.11. The Hall–Kier alpha value is -1.59. The molecule has 2 rings (SSSR count). The third-order valence-electron chi connectivity index (χ3n) is 2.72. The van der Waals surface area contributed by atoms with Gasteiger partial charge < -0.3 is 4.74 Å². The fourth-order valence-corrected chi connectivity index (χ4v) is 2.45. The van der Waals surface area contributed by atoms with E-state index in [1.807, 2.05) is 19.1 Å². The molecule has 0 bridgehead atoms. The minimum absolute atomic E-state index is 0.0398. The molecule has 4 nitrogen and oxygen atoms in total. The second-order valence-corrected chi connectivity index (χ2v) is 5.25. The Labute approximate surface area is 129 Å². The molecule has 0 aliphatic carbocycles. The summed E-state index contributed by atoms with van der Waals surface area (Å²) in [6.45, 7) is 1.96. The number of rotatable bonds is 4. The SMILES string of the molecule is Cc1ccc(Oc2cccc([N+](=O)[O-])c2Br)c(CCl)c1. The summed E-state index contributed by atoms with van der Waals surface area (Å²) in [6, 6.07) is 10.3. The van der Waals surface area contributed by atoms with Crippen molar-refractivity contribution >= 4 is 33.2 Å². The van der Waals surface area contributed by atoms with E-state index in [0.717, 1.165) is 11.1 Å². The quantitative estimate of drug-likeness (QED) is 0.430. The number of aryl methyl sites for hydroxylation is 1. The van der Waals surface area contributed by atoms with Crippen molar-refractivity contribution in [2.75, 3.05) is 0 Å². The zero-order valence-corrected chi connectivity index (χ0v) is 12.9. The normalized spacial score (nSPS) is 10.3. The molecule has 0 unspecified atom stereocenters. The first-order valence-corrected chi connectivity index (χ1v) is 7.12. The zero-order chi connectivity index (χ0) is 14.7. The van der Waals surface area contributed by atoms with Crippen LogP contribution in [-0.4, -0.2) is 4.92 Å². The van der Waals surface area contributed by atoms with Crippen LogP contribution < -0.4 is 4.74 Å². The number of hydrogen-bond acceptors (Lipinski definition) is 3. The van der Waals surface area contributed by atoms with Gasteiger partial charge in [0.05, 0.1) is 10.8 Å². The molecule has 0 aromatic heterocycles. The molecule has 0 aliphatic heterocycles. The lowest BCUT2D eigenvalue weighted by molar-refractivity contribution is -0.385. The molecular formula is C14H11BrClNO3. The molecule has 20 heavy (non-hydrogen) atoms. The van der Waals surface area contributed by atoms with E-state index in [1.165, 1.54) is 6.07 Å². The predicted octanol–water partition coefficient (Wildman–Crippen LogP) is 5.20. The summed E-state index contributed by atoms with van der Waals surface area (Å²) < 4.78 is 6.05. The largest absolute Gasteiger partial charge is 0.456 e. The molecular weight excluding hydrogens is 346 g/mol. The van der Waals surface area contributed by atoms with E-state index < -0.39 is 4.92 Å². The second kappa shape index (κ2) is 6.24. The van der Waals surface area contributed by atoms with Gasteiger partial charge in [0.2, 0.25) is 0 Å². The highest BCUT2D eigenvalue weighted by molar-refractivity contribution is 9.10. The summed E-state index contributed by atoms with van der Waals surface area (Å²) in [5.74, 6) is 1.28. The standard InChI is InChI=1S/C14H11BrClNO3/c1-9-5-6-12(10(7-9)8-16)20-13-4-2-3-11(14(13)15)17(18)19/h2-7H,8H2,1H3. The van der Waals surface area contributed by atoms with E-state index >= 15 is 0 Å². The fourth-order valence-electron chi connectivity index (χ4n) is 1.75. The van der Waals surface area contributed by atoms with E-state index in [-0.39, 0.29) is 5.69 Å². The molecule has 2 aromatic rings. The first-order chi connectivity index (χ1) is 9.52. The van der Waals surface area contributed by atoms with Gasteiger partial charge in [0.1, 0.15) is 16.0 Å². The van der Waals surface area contributed by atoms with Gasteiger partial charge in [-0.1, -0.05) is 23.8 Å². The molecule has 104 valence electrons. The Kier molecular flexibility index (Phi) is 4.62. The molecule has 0 fully saturated rings. The summed E-state index contributed by atoms with van der Waals surface area (Å²) in [7, 11) is 0. The van der Waals surface area contributed by atoms with E-state index in [2.05, 4.69) is 15.9 Å². The Bertz CT molecular complexity index is 661. The monoisotopic (exact) mass is 355 g/mol. The second-order valence-electron chi connectivity index (χ2n) is 4.19. The average molecular weight is 357 g/mol. The van der Waals surface area contributed by atoms with Crippen LogP contribution >= 0.6 is 27.5 Å². The highest BCUT2D eigenvalue weighted by Gasteiger charge is 2.17. The molecule has 0 saturated carbocycles. The first kappa shape index (κ1) is 14.8. The summed E-state index contributed by atoms with van der Waals surface area (Å²) in [5.41, 5.74) is 1.87. The smallest absolute Gasteiger partial charge is 0.287 e. The number of nitro groups is 1. The summed E-state index contributed by atoms with van der Waals surface area (Å²) in [5, 5.41) is 10.9. The van der Waals surface area contributed by atoms with Gasteiger partial charge >= 0.3 is 0 Å². The highest BCUT2D eigenvalue weighted by atomic mass is 79.9. The maximum absolute atomic E-state index is 10.9. The third-order valence-corrected chi connectivity index (χ3v) is 3.80. The van der Waals surface area contributed by atoms with Gasteiger partial charge in [-0.3, -0.25) is 10.1 Å². The van der Waals surface area contributed by atoms with Crippen LogP contribution in [0.1, 0.15) is 11.1 Å². The molecule has 6 heteroatoms. The molecule has 0 heterocycles. The minimum atomic E-state index is -0.464. The van der Waals surface area contributed by atoms with E-state index in [4.69, 9.17) is 16.3 Å². The van der Waals surface area contributed by atoms with E-state index in [0.29, 0.717) is 21.9 Å². The van der Waals surface area contributed by atoms with Crippen molar-refractivity contribution in [1.82, 2.24) is 0 Å². The van der Waals surface area contributed by atoms with Crippen molar-refractivity contribution in [3.63, 3.8) is 0 Å². The van der Waals surface area contributed by atoms with Crippen LogP contribution in [-0.2, 0) is 5.88 Å². The average Bonchev–Trinajstić information content (AvgIpc) is 2.42. The topological polar surface area (TPSA) is 52.4 Å². The molecule has 0 saturated heterocycles. The van der Waals surface area contributed by atoms with Crippen LogP contribution in [0.4, 0.5) is 5.69 Å². The number of alkyl halides is 1. The number of ether oxygens (including phenoxy) is 1. The molecule has 0 amide bonds. The van der Waals surface area contributed by atoms with Crippen molar-refractivity contribution in [1.29, 1.82) is 0 Å². The van der Waals surface area contributed by atoms with Gasteiger partial charge in [0.15, 0.2) is 0 Å². The van der Waals surface area contributed by atoms with Gasteiger partial charge in [-0.25, -0.2) is 0 Å². The zero-order valence-electron chi connectivity index (χ0n) is 10.6. The Morgan fingerprint density at radius 1 is 1.30 bits per heavy atom. The van der Waals surface area contributed by atoms with Crippen LogP contribution in [0.2, 0.25) is 0 Å². The number of nitrogens with zero attached hydrogens (tertiary/aromatic N) is 1. The Morgan fingerprint density at radius 2 is 2.05 bits per heavy atom. The Balaban J connectivity index is 2.40. The van der Waals surface area contributed by atoms with Crippen molar-refractivity contribution in [2.45, 2.75) is 12.8 Å². The maximum Gasteiger partial charge on any atom is 0.287 e. The fraction of sp³-hybridized carbons (Fsp3) is 0.143. The molecule has 0 N–H and O–H groups in total. The van der Waals surface area contributed by atoms with Crippen LogP contribution in [0.15, 0.2) is 40.9 Å². The van der Waals surface area contributed by atoms with Crippen molar-refractivity contribution in [3.8, 4) is 11.5 Å². The summed E-state index contributed by atoms with van der Waals surface area (Å²) in [6.07, 6.45) is 0. The van der Waals surface area contributed by atoms with Crippen LogP contribution in [0.5, 0.6) is 11.5 Å². The van der Waals surface area contributed by atoms with E-state index in [9.17, 15) is 10.1 Å². The number of nitro benzene ring substituents is 1. The van der Waals surface area contributed by atoms with Gasteiger partial charge in [0.25, 0.3) is 5.69 Å². The summed E-state index contributed by atoms with van der Waals surface area (Å²) >= 11 is 9.09. The van der Waals surface area contributed by atoms with E-state index in [1.54, 1.807) is 18.2 Å². The van der Waals surface area contributed by atoms with Crippen LogP contribution in [0, 0.1) is 17.0 Å². The van der Waals surface area contributed by atoms with Crippen LogP contribution in [0.3, 0.4) is 0 Å². The number of halogens is 2. The van der Waals surface area contributed by atoms with Crippen LogP contribution in [0.25, 0.3) is 0 Å². The lowest BCUT2D eigenvalue weighted by Crippen LogP contribution is -1.94. The maximum atomic E-state index is 10.9. The van der Waals surface area contributed by atoms with Gasteiger partial charge in [-0.2, -0.15) is 0 Å². The molecule has 2 aromatic carbocycles. The number of benzene rings is 2. The predicted molar refractivity (Wildman–Crippen MR) is 81.6 cm³/mol. The molecule has 0 radical (unpaired) electrons. The van der Waals surface area contributed by atoms with Crippen molar-refractivity contribution in [3.05, 3.63) is 62.1 Å². The lowest BCUT2D eigenvalue weighted by atomic mass is 10.1. The lowest BCUT2D eigenvalue weighted by Gasteiger charge is -2.11. The van der Waals surface area contributed by atoms with Gasteiger partial charge in [-0.15, -0.1) is 11.6 Å². The van der Waals surface area contributed by atoms with Gasteiger partial charge in [-0.05, 0) is 35.0 Å². The number of hydrogen-bond donors (Lipinski definition) is 0. The molecule has 0 aliphatic rings. The van der Waals surface area contributed by atoms with Crippen molar-refractivity contribution in [2.24, 2.45) is 0 Å². The molecule has 0 atom stereocenters. The Morgan fingerprint density at radius 3 is 2.70 bits per heavy atom. The first-order valence-electron chi connectivity index (χ1n) is 5.79. The summed E-state index contributed by atoms with van der Waals surface area (Å²) in [4.78, 5) is 10.4. The van der Waals surface area contributed by atoms with Crippen molar-refractivity contribution < 1.29 is 9.66 Å². The molecule has 0 spiro atoms. The minimum Gasteiger partial charge on any atom is -0.456 e. The van der Waals surface area contributed by atoms with Gasteiger partial charge in [0, 0.05) is 11.6 Å². The highest BCUT2D eigenvalue weighted by Crippen LogP contribution is 2.37.